The first-order valence-electron chi connectivity index (χ1n) is 8.21. The Balaban J connectivity index is 1.50. The van der Waals surface area contributed by atoms with Gasteiger partial charge in [0, 0.05) is 31.9 Å². The second-order valence-corrected chi connectivity index (χ2v) is 7.93. The van der Waals surface area contributed by atoms with Crippen LogP contribution in [0.4, 0.5) is 10.1 Å². The summed E-state index contributed by atoms with van der Waals surface area (Å²) < 4.78 is 44.9. The first kappa shape index (κ1) is 17.7. The molecule has 0 atom stereocenters. The van der Waals surface area contributed by atoms with E-state index in [2.05, 4.69) is 4.90 Å². The Morgan fingerprint density at radius 1 is 0.920 bits per heavy atom. The number of halogens is 1. The molecular formula is C18H21FN2O3S. The maximum atomic E-state index is 13.0. The molecule has 0 aliphatic carbocycles. The molecule has 2 aromatic rings. The van der Waals surface area contributed by atoms with Crippen molar-refractivity contribution in [2.24, 2.45) is 0 Å². The highest BCUT2D eigenvalue weighted by Crippen LogP contribution is 2.18. The van der Waals surface area contributed by atoms with Gasteiger partial charge in [0.25, 0.3) is 0 Å². The van der Waals surface area contributed by atoms with Crippen molar-refractivity contribution in [1.82, 2.24) is 4.31 Å². The number of anilines is 1. The normalized spacial score (nSPS) is 16.0. The van der Waals surface area contributed by atoms with Crippen molar-refractivity contribution < 1.29 is 17.5 Å². The van der Waals surface area contributed by atoms with E-state index in [4.69, 9.17) is 4.74 Å². The van der Waals surface area contributed by atoms with Crippen LogP contribution in [0.3, 0.4) is 0 Å². The summed E-state index contributed by atoms with van der Waals surface area (Å²) in [4.78, 5) is 2.06. The zero-order valence-corrected chi connectivity index (χ0v) is 14.7. The van der Waals surface area contributed by atoms with Gasteiger partial charge in [-0.3, -0.25) is 0 Å². The van der Waals surface area contributed by atoms with Crippen LogP contribution in [0.2, 0.25) is 0 Å². The van der Waals surface area contributed by atoms with Gasteiger partial charge in [0.05, 0.1) is 5.75 Å². The number of benzene rings is 2. The summed E-state index contributed by atoms with van der Waals surface area (Å²) in [7, 11) is -3.34. The summed E-state index contributed by atoms with van der Waals surface area (Å²) >= 11 is 0. The molecule has 0 bridgehead atoms. The maximum Gasteiger partial charge on any atom is 0.217 e. The lowest BCUT2D eigenvalue weighted by molar-refractivity contribution is 0.331. The van der Waals surface area contributed by atoms with Crippen LogP contribution in [0.15, 0.2) is 54.6 Å². The summed E-state index contributed by atoms with van der Waals surface area (Å²) in [6.07, 6.45) is 0. The van der Waals surface area contributed by atoms with Crippen LogP contribution in [0, 0.1) is 5.82 Å². The van der Waals surface area contributed by atoms with Crippen LogP contribution in [0.25, 0.3) is 0 Å². The van der Waals surface area contributed by atoms with Crippen LogP contribution in [-0.2, 0) is 10.0 Å². The third-order valence-corrected chi connectivity index (χ3v) is 6.01. The highest BCUT2D eigenvalue weighted by molar-refractivity contribution is 7.89. The maximum absolute atomic E-state index is 13.0. The first-order valence-corrected chi connectivity index (χ1v) is 9.82. The molecule has 0 saturated carbocycles. The minimum Gasteiger partial charge on any atom is -0.492 e. The van der Waals surface area contributed by atoms with Crippen LogP contribution >= 0.6 is 0 Å². The van der Waals surface area contributed by atoms with E-state index in [1.54, 1.807) is 24.3 Å². The second-order valence-electron chi connectivity index (χ2n) is 5.84. The fraction of sp³-hybridized carbons (Fsp3) is 0.333. The number of para-hydroxylation sites is 1. The average molecular weight is 364 g/mol. The number of rotatable bonds is 6. The summed E-state index contributed by atoms with van der Waals surface area (Å²) in [6.45, 7) is 2.15. The molecule has 3 rings (SSSR count). The molecule has 0 N–H and O–H groups in total. The van der Waals surface area contributed by atoms with Gasteiger partial charge in [-0.1, -0.05) is 18.2 Å². The van der Waals surface area contributed by atoms with E-state index >= 15 is 0 Å². The van der Waals surface area contributed by atoms with Gasteiger partial charge >= 0.3 is 0 Å². The molecule has 0 radical (unpaired) electrons. The Hall–Kier alpha value is -2.12. The van der Waals surface area contributed by atoms with E-state index in [1.807, 2.05) is 18.2 Å². The van der Waals surface area contributed by atoms with Gasteiger partial charge < -0.3 is 9.64 Å². The van der Waals surface area contributed by atoms with E-state index in [0.29, 0.717) is 31.9 Å². The second kappa shape index (κ2) is 7.84. The van der Waals surface area contributed by atoms with Crippen molar-refractivity contribution >= 4 is 15.7 Å². The highest BCUT2D eigenvalue weighted by atomic mass is 32.2. The lowest BCUT2D eigenvalue weighted by atomic mass is 10.2. The lowest BCUT2D eigenvalue weighted by Gasteiger charge is -2.35. The first-order chi connectivity index (χ1) is 12.0. The zero-order valence-electron chi connectivity index (χ0n) is 13.8. The van der Waals surface area contributed by atoms with Crippen molar-refractivity contribution in [1.29, 1.82) is 0 Å². The third-order valence-electron chi connectivity index (χ3n) is 4.18. The van der Waals surface area contributed by atoms with Gasteiger partial charge in [-0.05, 0) is 36.4 Å². The number of ether oxygens (including phenoxy) is 1. The van der Waals surface area contributed by atoms with Crippen molar-refractivity contribution in [3.8, 4) is 5.75 Å². The lowest BCUT2D eigenvalue weighted by Crippen LogP contribution is -2.49. The molecule has 7 heteroatoms. The number of piperazine rings is 1. The summed E-state index contributed by atoms with van der Waals surface area (Å²) in [5.74, 6) is 0.348. The van der Waals surface area contributed by atoms with Crippen LogP contribution in [0.1, 0.15) is 0 Å². The summed E-state index contributed by atoms with van der Waals surface area (Å²) in [5, 5.41) is 0. The summed E-state index contributed by atoms with van der Waals surface area (Å²) in [5.41, 5.74) is 0.908. The molecule has 1 fully saturated rings. The predicted octanol–water partition coefficient (Wildman–Crippen LogP) is 2.36. The Morgan fingerprint density at radius 2 is 1.56 bits per heavy atom. The van der Waals surface area contributed by atoms with Crippen molar-refractivity contribution in [2.75, 3.05) is 43.4 Å². The van der Waals surface area contributed by atoms with E-state index in [0.717, 1.165) is 5.69 Å². The predicted molar refractivity (Wildman–Crippen MR) is 95.9 cm³/mol. The van der Waals surface area contributed by atoms with Gasteiger partial charge in [-0.25, -0.2) is 12.8 Å². The molecule has 0 spiro atoms. The fourth-order valence-corrected chi connectivity index (χ4v) is 4.06. The molecule has 134 valence electrons. The minimum atomic E-state index is -3.34. The largest absolute Gasteiger partial charge is 0.492 e. The molecule has 0 aromatic heterocycles. The Labute approximate surface area is 147 Å². The van der Waals surface area contributed by atoms with Gasteiger partial charge in [-0.2, -0.15) is 4.31 Å². The van der Waals surface area contributed by atoms with Crippen LogP contribution < -0.4 is 9.64 Å². The van der Waals surface area contributed by atoms with Crippen molar-refractivity contribution in [3.63, 3.8) is 0 Å². The molecule has 0 amide bonds. The smallest absolute Gasteiger partial charge is 0.217 e. The molecule has 1 heterocycles. The molecule has 25 heavy (non-hydrogen) atoms. The Kier molecular flexibility index (Phi) is 5.55. The van der Waals surface area contributed by atoms with Crippen LogP contribution in [-0.4, -0.2) is 51.3 Å². The highest BCUT2D eigenvalue weighted by Gasteiger charge is 2.26. The van der Waals surface area contributed by atoms with Gasteiger partial charge in [0.15, 0.2) is 0 Å². The summed E-state index contributed by atoms with van der Waals surface area (Å²) in [6, 6.07) is 15.4. The SMILES string of the molecule is O=S(=O)(CCOc1ccccc1)N1CCN(c2ccc(F)cc2)CC1. The van der Waals surface area contributed by atoms with Gasteiger partial charge in [0.1, 0.15) is 18.2 Å². The molecule has 1 aliphatic heterocycles. The number of hydrogen-bond acceptors (Lipinski definition) is 4. The standard InChI is InChI=1S/C18H21FN2O3S/c19-16-6-8-17(9-7-16)20-10-12-21(13-11-20)25(22,23)15-14-24-18-4-2-1-3-5-18/h1-9H,10-15H2. The zero-order chi connectivity index (χ0) is 17.7. The number of nitrogens with zero attached hydrogens (tertiary/aromatic N) is 2. The average Bonchev–Trinajstić information content (AvgIpc) is 2.63. The molecule has 1 aliphatic rings. The Morgan fingerprint density at radius 3 is 2.20 bits per heavy atom. The van der Waals surface area contributed by atoms with E-state index in [9.17, 15) is 12.8 Å². The van der Waals surface area contributed by atoms with E-state index < -0.39 is 10.0 Å². The van der Waals surface area contributed by atoms with E-state index in [1.165, 1.54) is 16.4 Å². The molecule has 5 nitrogen and oxygen atoms in total. The van der Waals surface area contributed by atoms with Crippen molar-refractivity contribution in [2.45, 2.75) is 0 Å². The monoisotopic (exact) mass is 364 g/mol. The van der Waals surface area contributed by atoms with Gasteiger partial charge in [-0.15, -0.1) is 0 Å². The molecule has 1 saturated heterocycles. The fourth-order valence-electron chi connectivity index (χ4n) is 2.79. The minimum absolute atomic E-state index is 0.0432. The number of hydrogen-bond donors (Lipinski definition) is 0. The molecule has 0 unspecified atom stereocenters. The molecular weight excluding hydrogens is 343 g/mol. The quantitative estimate of drug-likeness (QED) is 0.790. The van der Waals surface area contributed by atoms with Crippen molar-refractivity contribution in [3.05, 3.63) is 60.4 Å². The number of sulfonamides is 1. The van der Waals surface area contributed by atoms with Crippen LogP contribution in [0.5, 0.6) is 5.75 Å². The molecule has 2 aromatic carbocycles. The topological polar surface area (TPSA) is 49.9 Å². The Bertz CT molecular complexity index is 774. The van der Waals surface area contributed by atoms with E-state index in [-0.39, 0.29) is 18.2 Å². The third kappa shape index (κ3) is 4.70. The van der Waals surface area contributed by atoms with Gasteiger partial charge in [0.2, 0.25) is 10.0 Å².